The number of nitrogens with zero attached hydrogens (tertiary/aromatic N) is 2. The number of alkyl halides is 3. The van der Waals surface area contributed by atoms with Gasteiger partial charge >= 0.3 is 6.18 Å². The lowest BCUT2D eigenvalue weighted by Crippen LogP contribution is -2.21. The van der Waals surface area contributed by atoms with Crippen LogP contribution in [0, 0.1) is 0 Å². The highest BCUT2D eigenvalue weighted by molar-refractivity contribution is 5.47. The number of rotatable bonds is 3. The van der Waals surface area contributed by atoms with E-state index in [0.717, 1.165) is 17.5 Å². The van der Waals surface area contributed by atoms with Gasteiger partial charge in [-0.3, -0.25) is 0 Å². The van der Waals surface area contributed by atoms with Crippen LogP contribution in [0.15, 0.2) is 30.6 Å². The van der Waals surface area contributed by atoms with Crippen molar-refractivity contribution < 1.29 is 22.6 Å². The number of benzene rings is 1. The standard InChI is InChI=1S/C15H14F3N3O2/c1-22-9-2-3-12-10(6-9)11(4-5-23-12)21-14-8-19-13(7-20-14)15(16,17)18/h2-3,6-8,11H,4-5H2,1H3,(H,20,21)/t11-/m0/s1. The molecule has 2 aromatic rings. The monoisotopic (exact) mass is 325 g/mol. The van der Waals surface area contributed by atoms with Crippen LogP contribution in [0.4, 0.5) is 19.0 Å². The van der Waals surface area contributed by atoms with Gasteiger partial charge in [-0.15, -0.1) is 0 Å². The average molecular weight is 325 g/mol. The lowest BCUT2D eigenvalue weighted by molar-refractivity contribution is -0.141. The molecule has 1 aliphatic heterocycles. The largest absolute Gasteiger partial charge is 0.497 e. The maximum Gasteiger partial charge on any atom is 0.434 e. The van der Waals surface area contributed by atoms with Crippen molar-refractivity contribution in [2.45, 2.75) is 18.6 Å². The van der Waals surface area contributed by atoms with Crippen LogP contribution in [0.1, 0.15) is 23.7 Å². The second-order valence-corrected chi connectivity index (χ2v) is 5.02. The normalized spacial score (nSPS) is 17.1. The van der Waals surface area contributed by atoms with Crippen LogP contribution in [0.2, 0.25) is 0 Å². The maximum atomic E-state index is 12.5. The first-order chi connectivity index (χ1) is 11.0. The Kier molecular flexibility index (Phi) is 3.97. The molecule has 1 atom stereocenters. The number of aromatic nitrogens is 2. The van der Waals surface area contributed by atoms with E-state index in [1.165, 1.54) is 0 Å². The van der Waals surface area contributed by atoms with Crippen molar-refractivity contribution in [1.82, 2.24) is 9.97 Å². The molecule has 1 aromatic heterocycles. The maximum absolute atomic E-state index is 12.5. The van der Waals surface area contributed by atoms with E-state index in [1.54, 1.807) is 19.2 Å². The van der Waals surface area contributed by atoms with E-state index in [4.69, 9.17) is 9.47 Å². The predicted molar refractivity (Wildman–Crippen MR) is 76.5 cm³/mol. The molecule has 1 N–H and O–H groups in total. The fraction of sp³-hybridized carbons (Fsp3) is 0.333. The van der Waals surface area contributed by atoms with Gasteiger partial charge in [0.05, 0.1) is 32.2 Å². The number of ether oxygens (including phenoxy) is 2. The van der Waals surface area contributed by atoms with E-state index in [0.29, 0.717) is 25.0 Å². The minimum atomic E-state index is -4.50. The summed E-state index contributed by atoms with van der Waals surface area (Å²) in [4.78, 5) is 7.19. The van der Waals surface area contributed by atoms with Gasteiger partial charge in [0.1, 0.15) is 17.3 Å². The first-order valence-electron chi connectivity index (χ1n) is 6.94. The van der Waals surface area contributed by atoms with Crippen LogP contribution in [-0.4, -0.2) is 23.7 Å². The second kappa shape index (κ2) is 5.94. The number of nitrogens with one attached hydrogen (secondary N) is 1. The fourth-order valence-corrected chi connectivity index (χ4v) is 2.38. The Morgan fingerprint density at radius 2 is 2.09 bits per heavy atom. The molecule has 2 heterocycles. The number of methoxy groups -OCH3 is 1. The van der Waals surface area contributed by atoms with Crippen LogP contribution in [0.25, 0.3) is 0 Å². The molecule has 0 aliphatic carbocycles. The number of fused-ring (bicyclic) bond motifs is 1. The van der Waals surface area contributed by atoms with Gasteiger partial charge in [0.25, 0.3) is 0 Å². The van der Waals surface area contributed by atoms with Crippen LogP contribution in [0.5, 0.6) is 11.5 Å². The molecule has 0 amide bonds. The molecule has 1 aliphatic rings. The van der Waals surface area contributed by atoms with Crippen LogP contribution in [0.3, 0.4) is 0 Å². The number of anilines is 1. The summed E-state index contributed by atoms with van der Waals surface area (Å²) < 4.78 is 48.3. The highest BCUT2D eigenvalue weighted by Gasteiger charge is 2.33. The Bertz CT molecular complexity index is 689. The smallest absolute Gasteiger partial charge is 0.434 e. The van der Waals surface area contributed by atoms with Gasteiger partial charge in [0.2, 0.25) is 0 Å². The number of hydrogen-bond acceptors (Lipinski definition) is 5. The molecule has 0 unspecified atom stereocenters. The number of hydrogen-bond donors (Lipinski definition) is 1. The average Bonchev–Trinajstić information content (AvgIpc) is 2.54. The minimum Gasteiger partial charge on any atom is -0.497 e. The molecule has 5 nitrogen and oxygen atoms in total. The zero-order valence-electron chi connectivity index (χ0n) is 12.2. The van der Waals surface area contributed by atoms with Crippen molar-refractivity contribution in [2.24, 2.45) is 0 Å². The molecule has 0 saturated heterocycles. The summed E-state index contributed by atoms with van der Waals surface area (Å²) in [5.41, 5.74) is -0.144. The first kappa shape index (κ1) is 15.4. The molecule has 8 heteroatoms. The summed E-state index contributed by atoms with van der Waals surface area (Å²) in [7, 11) is 1.56. The molecule has 122 valence electrons. The molecule has 0 saturated carbocycles. The Morgan fingerprint density at radius 1 is 1.26 bits per heavy atom. The third-order valence-corrected chi connectivity index (χ3v) is 3.52. The van der Waals surface area contributed by atoms with E-state index in [-0.39, 0.29) is 11.9 Å². The Labute approximate surface area is 130 Å². The molecule has 0 spiro atoms. The third kappa shape index (κ3) is 3.30. The topological polar surface area (TPSA) is 56.3 Å². The molecule has 0 radical (unpaired) electrons. The molecule has 0 bridgehead atoms. The fourth-order valence-electron chi connectivity index (χ4n) is 2.38. The number of halogens is 3. The highest BCUT2D eigenvalue weighted by atomic mass is 19.4. The first-order valence-corrected chi connectivity index (χ1v) is 6.94. The van der Waals surface area contributed by atoms with Gasteiger partial charge in [-0.1, -0.05) is 0 Å². The third-order valence-electron chi connectivity index (χ3n) is 3.52. The molecular weight excluding hydrogens is 311 g/mol. The second-order valence-electron chi connectivity index (χ2n) is 5.02. The van der Waals surface area contributed by atoms with E-state index in [9.17, 15) is 13.2 Å². The van der Waals surface area contributed by atoms with Gasteiger partial charge in [-0.2, -0.15) is 13.2 Å². The Hall–Kier alpha value is -2.51. The van der Waals surface area contributed by atoms with Crippen molar-refractivity contribution in [3.63, 3.8) is 0 Å². The van der Waals surface area contributed by atoms with Crippen molar-refractivity contribution in [2.75, 3.05) is 19.0 Å². The van der Waals surface area contributed by atoms with E-state index in [2.05, 4.69) is 15.3 Å². The Balaban J connectivity index is 1.82. The molecule has 0 fully saturated rings. The quantitative estimate of drug-likeness (QED) is 0.937. The zero-order valence-corrected chi connectivity index (χ0v) is 12.2. The summed E-state index contributed by atoms with van der Waals surface area (Å²) in [6.07, 6.45) is -2.04. The van der Waals surface area contributed by atoms with Crippen LogP contribution in [-0.2, 0) is 6.18 Å². The molecular formula is C15H14F3N3O2. The van der Waals surface area contributed by atoms with Gasteiger partial charge in [0, 0.05) is 12.0 Å². The molecule has 1 aromatic carbocycles. The summed E-state index contributed by atoms with van der Waals surface area (Å²) in [6, 6.07) is 5.29. The zero-order chi connectivity index (χ0) is 16.4. The summed E-state index contributed by atoms with van der Waals surface area (Å²) in [6.45, 7) is 0.505. The van der Waals surface area contributed by atoms with Crippen molar-refractivity contribution >= 4 is 5.82 Å². The summed E-state index contributed by atoms with van der Waals surface area (Å²) in [5, 5.41) is 3.09. The lowest BCUT2D eigenvalue weighted by Gasteiger charge is -2.27. The van der Waals surface area contributed by atoms with Crippen LogP contribution >= 0.6 is 0 Å². The van der Waals surface area contributed by atoms with E-state index < -0.39 is 11.9 Å². The molecule has 3 rings (SSSR count). The lowest BCUT2D eigenvalue weighted by atomic mass is 10.0. The van der Waals surface area contributed by atoms with Gasteiger partial charge < -0.3 is 14.8 Å². The highest BCUT2D eigenvalue weighted by Crippen LogP contribution is 2.36. The van der Waals surface area contributed by atoms with Crippen molar-refractivity contribution in [1.29, 1.82) is 0 Å². The Morgan fingerprint density at radius 3 is 2.74 bits per heavy atom. The van der Waals surface area contributed by atoms with Gasteiger partial charge in [-0.05, 0) is 18.2 Å². The summed E-state index contributed by atoms with van der Waals surface area (Å²) >= 11 is 0. The van der Waals surface area contributed by atoms with Gasteiger partial charge in [0.15, 0.2) is 5.69 Å². The predicted octanol–water partition coefficient (Wildman–Crippen LogP) is 3.44. The SMILES string of the molecule is COc1ccc2c(c1)[C@@H](Nc1cnc(C(F)(F)F)cn1)CCO2. The van der Waals surface area contributed by atoms with Crippen LogP contribution < -0.4 is 14.8 Å². The van der Waals surface area contributed by atoms with E-state index >= 15 is 0 Å². The van der Waals surface area contributed by atoms with Crippen molar-refractivity contribution in [3.8, 4) is 11.5 Å². The van der Waals surface area contributed by atoms with Crippen molar-refractivity contribution in [3.05, 3.63) is 41.9 Å². The van der Waals surface area contributed by atoms with E-state index in [1.807, 2.05) is 6.07 Å². The summed E-state index contributed by atoms with van der Waals surface area (Å²) in [5.74, 6) is 1.67. The van der Waals surface area contributed by atoms with Gasteiger partial charge in [-0.25, -0.2) is 9.97 Å². The minimum absolute atomic E-state index is 0.139. The molecule has 23 heavy (non-hydrogen) atoms.